The Bertz CT molecular complexity index is 614. The molecule has 2 N–H and O–H groups in total. The lowest BCUT2D eigenvalue weighted by Crippen LogP contribution is -2.48. The Morgan fingerprint density at radius 1 is 1.15 bits per heavy atom. The molecule has 0 unspecified atom stereocenters. The fourth-order valence-electron chi connectivity index (χ4n) is 2.32. The highest BCUT2D eigenvalue weighted by Gasteiger charge is 2.23. The molecule has 0 spiro atoms. The molecule has 0 aliphatic rings. The van der Waals surface area contributed by atoms with Crippen LogP contribution in [0.3, 0.4) is 0 Å². The van der Waals surface area contributed by atoms with Crippen molar-refractivity contribution in [3.05, 3.63) is 48.0 Å². The molecule has 20 heavy (non-hydrogen) atoms. The van der Waals surface area contributed by atoms with Crippen molar-refractivity contribution in [1.29, 1.82) is 0 Å². The van der Waals surface area contributed by atoms with E-state index in [-0.39, 0.29) is 5.54 Å². The molecule has 1 atom stereocenters. The predicted octanol–water partition coefficient (Wildman–Crippen LogP) is 3.22. The molecule has 0 fully saturated rings. The first kappa shape index (κ1) is 14.5. The monoisotopic (exact) mass is 271 g/mol. The maximum Gasteiger partial charge on any atom is 0.321 e. The zero-order chi connectivity index (χ0) is 14.8. The van der Waals surface area contributed by atoms with Gasteiger partial charge in [-0.05, 0) is 43.5 Å². The van der Waals surface area contributed by atoms with Gasteiger partial charge in [-0.1, -0.05) is 42.5 Å². The van der Waals surface area contributed by atoms with Gasteiger partial charge in [0.2, 0.25) is 0 Å². The van der Waals surface area contributed by atoms with Gasteiger partial charge in [-0.2, -0.15) is 0 Å². The molecule has 2 aromatic rings. The average molecular weight is 271 g/mol. The van der Waals surface area contributed by atoms with Crippen LogP contribution in [0.25, 0.3) is 10.8 Å². The van der Waals surface area contributed by atoms with Crippen molar-refractivity contribution >= 4 is 16.7 Å². The van der Waals surface area contributed by atoms with Crippen LogP contribution in [0.2, 0.25) is 0 Å². The van der Waals surface area contributed by atoms with Crippen molar-refractivity contribution in [3.8, 4) is 0 Å². The van der Waals surface area contributed by atoms with Crippen LogP contribution in [-0.4, -0.2) is 22.7 Å². The van der Waals surface area contributed by atoms with E-state index >= 15 is 0 Å². The number of hydrogen-bond donors (Lipinski definition) is 2. The molecule has 0 radical (unpaired) electrons. The molecule has 0 amide bonds. The zero-order valence-electron chi connectivity index (χ0n) is 12.2. The third-order valence-electron chi connectivity index (χ3n) is 3.16. The Hall–Kier alpha value is -1.87. The van der Waals surface area contributed by atoms with Crippen LogP contribution in [0.1, 0.15) is 26.3 Å². The van der Waals surface area contributed by atoms with Crippen molar-refractivity contribution in [2.75, 3.05) is 0 Å². The second-order valence-corrected chi connectivity index (χ2v) is 6.17. The van der Waals surface area contributed by atoms with Crippen molar-refractivity contribution in [3.63, 3.8) is 0 Å². The molecule has 0 saturated heterocycles. The highest BCUT2D eigenvalue weighted by Crippen LogP contribution is 2.17. The third kappa shape index (κ3) is 3.81. The van der Waals surface area contributed by atoms with Crippen LogP contribution in [0, 0.1) is 0 Å². The highest BCUT2D eigenvalue weighted by molar-refractivity contribution is 5.83. The summed E-state index contributed by atoms with van der Waals surface area (Å²) in [6.07, 6.45) is 0.484. The van der Waals surface area contributed by atoms with Crippen LogP contribution in [0.4, 0.5) is 0 Å². The lowest BCUT2D eigenvalue weighted by atomic mass is 9.99. The van der Waals surface area contributed by atoms with Gasteiger partial charge >= 0.3 is 5.97 Å². The number of rotatable bonds is 4. The van der Waals surface area contributed by atoms with Crippen molar-refractivity contribution < 1.29 is 9.90 Å². The van der Waals surface area contributed by atoms with Crippen LogP contribution in [-0.2, 0) is 11.2 Å². The lowest BCUT2D eigenvalue weighted by Gasteiger charge is -2.26. The molecule has 0 aromatic heterocycles. The summed E-state index contributed by atoms with van der Waals surface area (Å²) >= 11 is 0. The summed E-state index contributed by atoms with van der Waals surface area (Å²) in [4.78, 5) is 11.4. The minimum atomic E-state index is -0.812. The van der Waals surface area contributed by atoms with Crippen LogP contribution in [0.5, 0.6) is 0 Å². The van der Waals surface area contributed by atoms with Gasteiger partial charge in [0, 0.05) is 5.54 Å². The Morgan fingerprint density at radius 3 is 2.40 bits per heavy atom. The van der Waals surface area contributed by atoms with Gasteiger partial charge < -0.3 is 5.11 Å². The summed E-state index contributed by atoms with van der Waals surface area (Å²) in [5.41, 5.74) is 0.813. The molecular weight excluding hydrogens is 250 g/mol. The van der Waals surface area contributed by atoms with E-state index in [9.17, 15) is 9.90 Å². The molecule has 0 aliphatic heterocycles. The summed E-state index contributed by atoms with van der Waals surface area (Å²) < 4.78 is 0. The molecule has 106 valence electrons. The number of aliphatic carboxylic acids is 1. The summed E-state index contributed by atoms with van der Waals surface area (Å²) in [6.45, 7) is 5.93. The van der Waals surface area contributed by atoms with Crippen molar-refractivity contribution in [2.24, 2.45) is 0 Å². The van der Waals surface area contributed by atoms with Crippen molar-refractivity contribution in [1.82, 2.24) is 5.32 Å². The fourth-order valence-corrected chi connectivity index (χ4v) is 2.32. The Morgan fingerprint density at radius 2 is 1.80 bits per heavy atom. The topological polar surface area (TPSA) is 49.3 Å². The van der Waals surface area contributed by atoms with E-state index in [1.165, 1.54) is 5.39 Å². The molecule has 0 saturated carbocycles. The normalized spacial score (nSPS) is 13.3. The second-order valence-electron chi connectivity index (χ2n) is 6.17. The van der Waals surface area contributed by atoms with E-state index in [2.05, 4.69) is 17.4 Å². The van der Waals surface area contributed by atoms with Gasteiger partial charge in [0.25, 0.3) is 0 Å². The number of benzene rings is 2. The Kier molecular flexibility index (Phi) is 4.09. The minimum absolute atomic E-state index is 0.222. The van der Waals surface area contributed by atoms with Crippen molar-refractivity contribution in [2.45, 2.75) is 38.8 Å². The quantitative estimate of drug-likeness (QED) is 0.897. The smallest absolute Gasteiger partial charge is 0.321 e. The first-order valence-corrected chi connectivity index (χ1v) is 6.83. The molecule has 3 heteroatoms. The number of carbonyl (C=O) groups is 1. The molecular formula is C17H21NO2. The maximum atomic E-state index is 11.4. The molecule has 0 aliphatic carbocycles. The van der Waals surface area contributed by atoms with E-state index in [4.69, 9.17) is 0 Å². The largest absolute Gasteiger partial charge is 0.480 e. The SMILES string of the molecule is CC(C)(C)N[C@@H](Cc1ccc2ccccc2c1)C(=O)O. The number of carboxylic acids is 1. The van der Waals surface area contributed by atoms with E-state index in [0.717, 1.165) is 10.9 Å². The van der Waals surface area contributed by atoms with Gasteiger partial charge in [-0.25, -0.2) is 0 Å². The summed E-state index contributed by atoms with van der Waals surface area (Å²) in [7, 11) is 0. The Labute approximate surface area is 119 Å². The fraction of sp³-hybridized carbons (Fsp3) is 0.353. The number of nitrogens with one attached hydrogen (secondary N) is 1. The molecule has 2 aromatic carbocycles. The van der Waals surface area contributed by atoms with Gasteiger partial charge in [0.05, 0.1) is 0 Å². The van der Waals surface area contributed by atoms with Gasteiger partial charge in [-0.15, -0.1) is 0 Å². The number of fused-ring (bicyclic) bond motifs is 1. The predicted molar refractivity (Wildman–Crippen MR) is 82.0 cm³/mol. The van der Waals surface area contributed by atoms with Crippen LogP contribution < -0.4 is 5.32 Å². The molecule has 3 nitrogen and oxygen atoms in total. The zero-order valence-corrected chi connectivity index (χ0v) is 12.2. The third-order valence-corrected chi connectivity index (χ3v) is 3.16. The van der Waals surface area contributed by atoms with E-state index in [1.54, 1.807) is 0 Å². The Balaban J connectivity index is 2.22. The highest BCUT2D eigenvalue weighted by atomic mass is 16.4. The minimum Gasteiger partial charge on any atom is -0.480 e. The molecule has 0 heterocycles. The van der Waals surface area contributed by atoms with Gasteiger partial charge in [0.1, 0.15) is 6.04 Å². The van der Waals surface area contributed by atoms with E-state index < -0.39 is 12.0 Å². The second kappa shape index (κ2) is 5.63. The lowest BCUT2D eigenvalue weighted by molar-refractivity contribution is -0.140. The summed E-state index contributed by atoms with van der Waals surface area (Å²) in [5, 5.41) is 14.8. The number of hydrogen-bond acceptors (Lipinski definition) is 2. The van der Waals surface area contributed by atoms with Crippen LogP contribution in [0.15, 0.2) is 42.5 Å². The number of carboxylic acid groups (broad SMARTS) is 1. The summed E-state index contributed by atoms with van der Waals surface area (Å²) in [6, 6.07) is 13.6. The average Bonchev–Trinajstić information content (AvgIpc) is 2.36. The first-order valence-electron chi connectivity index (χ1n) is 6.83. The van der Waals surface area contributed by atoms with Crippen LogP contribution >= 0.6 is 0 Å². The van der Waals surface area contributed by atoms with Gasteiger partial charge in [0.15, 0.2) is 0 Å². The standard InChI is InChI=1S/C17H21NO2/c1-17(2,3)18-15(16(19)20)11-12-8-9-13-6-4-5-7-14(13)10-12/h4-10,15,18H,11H2,1-3H3,(H,19,20)/t15-/m0/s1. The van der Waals surface area contributed by atoms with E-state index in [0.29, 0.717) is 6.42 Å². The van der Waals surface area contributed by atoms with E-state index in [1.807, 2.05) is 51.1 Å². The first-order chi connectivity index (χ1) is 9.35. The molecule has 2 rings (SSSR count). The maximum absolute atomic E-state index is 11.4. The molecule has 0 bridgehead atoms. The van der Waals surface area contributed by atoms with Gasteiger partial charge in [-0.3, -0.25) is 10.1 Å². The summed E-state index contributed by atoms with van der Waals surface area (Å²) in [5.74, 6) is -0.812.